The average Bonchev–Trinajstić information content (AvgIpc) is 2.48. The molecule has 0 saturated carbocycles. The molecule has 2 aromatic carbocycles. The van der Waals surface area contributed by atoms with Crippen molar-refractivity contribution in [1.82, 2.24) is 0 Å². The van der Waals surface area contributed by atoms with Gasteiger partial charge in [-0.2, -0.15) is 0 Å². The quantitative estimate of drug-likeness (QED) is 0.745. The molecule has 0 aliphatic rings. The Bertz CT molecular complexity index is 707. The van der Waals surface area contributed by atoms with Crippen LogP contribution in [0.3, 0.4) is 0 Å². The summed E-state index contributed by atoms with van der Waals surface area (Å²) in [6, 6.07) is 7.89. The first-order chi connectivity index (χ1) is 9.95. The summed E-state index contributed by atoms with van der Waals surface area (Å²) in [5.41, 5.74) is 0.418. The normalized spacial score (nSPS) is 10.3. The highest BCUT2D eigenvalue weighted by atomic mass is 79.9. The molecular formula is C14H10BrCl2NO3. The van der Waals surface area contributed by atoms with Gasteiger partial charge in [-0.05, 0) is 40.2 Å². The molecule has 0 atom stereocenters. The van der Waals surface area contributed by atoms with Gasteiger partial charge in [0.05, 0.1) is 28.4 Å². The Balaban J connectivity index is 2.33. The lowest BCUT2D eigenvalue weighted by atomic mass is 10.1. The second kappa shape index (κ2) is 6.56. The van der Waals surface area contributed by atoms with Crippen LogP contribution in [-0.4, -0.2) is 18.1 Å². The number of methoxy groups -OCH3 is 1. The fraction of sp³-hybridized carbons (Fsp3) is 0.0714. The molecule has 110 valence electrons. The molecule has 0 aliphatic heterocycles. The van der Waals surface area contributed by atoms with Crippen LogP contribution in [0.5, 0.6) is 11.5 Å². The van der Waals surface area contributed by atoms with Gasteiger partial charge < -0.3 is 15.2 Å². The molecule has 4 nitrogen and oxygen atoms in total. The first kappa shape index (κ1) is 15.9. The number of amides is 1. The zero-order chi connectivity index (χ0) is 15.6. The number of anilines is 1. The summed E-state index contributed by atoms with van der Waals surface area (Å²) in [6.45, 7) is 0. The van der Waals surface area contributed by atoms with Crippen molar-refractivity contribution in [2.45, 2.75) is 0 Å². The molecule has 0 saturated heterocycles. The van der Waals surface area contributed by atoms with Crippen molar-refractivity contribution in [2.75, 3.05) is 12.4 Å². The average molecular weight is 391 g/mol. The lowest BCUT2D eigenvalue weighted by molar-refractivity contribution is 0.102. The van der Waals surface area contributed by atoms with Gasteiger partial charge in [0.25, 0.3) is 5.91 Å². The zero-order valence-corrected chi connectivity index (χ0v) is 13.9. The third-order valence-corrected chi connectivity index (χ3v) is 4.52. The minimum Gasteiger partial charge on any atom is -0.504 e. The SMILES string of the molecule is COc1cccc(C(=O)Nc2ccc(Br)c(Cl)c2Cl)c1O. The van der Waals surface area contributed by atoms with Gasteiger partial charge in [-0.3, -0.25) is 4.79 Å². The number of hydrogen-bond donors (Lipinski definition) is 2. The number of benzene rings is 2. The Morgan fingerprint density at radius 3 is 2.62 bits per heavy atom. The van der Waals surface area contributed by atoms with Crippen LogP contribution in [0.2, 0.25) is 10.0 Å². The maximum atomic E-state index is 12.2. The number of ether oxygens (including phenoxy) is 1. The van der Waals surface area contributed by atoms with Crippen molar-refractivity contribution < 1.29 is 14.6 Å². The van der Waals surface area contributed by atoms with E-state index in [-0.39, 0.29) is 22.1 Å². The van der Waals surface area contributed by atoms with Crippen LogP contribution >= 0.6 is 39.1 Å². The lowest BCUT2D eigenvalue weighted by Gasteiger charge is -2.11. The summed E-state index contributed by atoms with van der Waals surface area (Å²) >= 11 is 15.3. The molecule has 1 amide bonds. The van der Waals surface area contributed by atoms with Gasteiger partial charge in [-0.25, -0.2) is 0 Å². The maximum absolute atomic E-state index is 12.2. The molecule has 0 spiro atoms. The van der Waals surface area contributed by atoms with Gasteiger partial charge in [-0.15, -0.1) is 0 Å². The van der Waals surface area contributed by atoms with Gasteiger partial charge in [0, 0.05) is 4.47 Å². The lowest BCUT2D eigenvalue weighted by Crippen LogP contribution is -2.12. The number of aromatic hydroxyl groups is 1. The van der Waals surface area contributed by atoms with E-state index in [0.717, 1.165) is 0 Å². The number of nitrogens with one attached hydrogen (secondary N) is 1. The summed E-state index contributed by atoms with van der Waals surface area (Å²) in [6.07, 6.45) is 0. The molecule has 0 radical (unpaired) electrons. The van der Waals surface area contributed by atoms with E-state index in [0.29, 0.717) is 15.2 Å². The number of phenols is 1. The Morgan fingerprint density at radius 2 is 1.95 bits per heavy atom. The largest absolute Gasteiger partial charge is 0.504 e. The molecule has 0 unspecified atom stereocenters. The monoisotopic (exact) mass is 389 g/mol. The van der Waals surface area contributed by atoms with Gasteiger partial charge in [0.1, 0.15) is 0 Å². The van der Waals surface area contributed by atoms with Crippen LogP contribution in [0.25, 0.3) is 0 Å². The van der Waals surface area contributed by atoms with Gasteiger partial charge in [0.2, 0.25) is 0 Å². The minimum atomic E-state index is -0.522. The number of rotatable bonds is 3. The van der Waals surface area contributed by atoms with E-state index >= 15 is 0 Å². The minimum absolute atomic E-state index is 0.0736. The third-order valence-electron chi connectivity index (χ3n) is 2.75. The highest BCUT2D eigenvalue weighted by Gasteiger charge is 2.17. The third kappa shape index (κ3) is 3.26. The van der Waals surface area contributed by atoms with Crippen LogP contribution in [0.4, 0.5) is 5.69 Å². The van der Waals surface area contributed by atoms with Crippen molar-refractivity contribution in [3.05, 3.63) is 50.4 Å². The molecule has 7 heteroatoms. The summed E-state index contributed by atoms with van der Waals surface area (Å²) in [7, 11) is 1.40. The van der Waals surface area contributed by atoms with E-state index in [1.54, 1.807) is 24.3 Å². The number of carbonyl (C=O) groups is 1. The Labute approximate surface area is 139 Å². The first-order valence-corrected chi connectivity index (χ1v) is 7.31. The maximum Gasteiger partial charge on any atom is 0.259 e. The van der Waals surface area contributed by atoms with E-state index in [2.05, 4.69) is 21.2 Å². The highest BCUT2D eigenvalue weighted by molar-refractivity contribution is 9.10. The van der Waals surface area contributed by atoms with Crippen LogP contribution in [0, 0.1) is 0 Å². The number of phenolic OH excluding ortho intramolecular Hbond substituents is 1. The van der Waals surface area contributed by atoms with Gasteiger partial charge in [0.15, 0.2) is 11.5 Å². The van der Waals surface area contributed by atoms with E-state index < -0.39 is 5.91 Å². The second-order valence-corrected chi connectivity index (χ2v) is 5.64. The molecule has 0 heterocycles. The molecule has 2 aromatic rings. The summed E-state index contributed by atoms with van der Waals surface area (Å²) in [5, 5.41) is 13.1. The van der Waals surface area contributed by atoms with Gasteiger partial charge >= 0.3 is 0 Å². The predicted molar refractivity (Wildman–Crippen MR) is 86.8 cm³/mol. The first-order valence-electron chi connectivity index (χ1n) is 5.76. The summed E-state index contributed by atoms with van der Waals surface area (Å²) < 4.78 is 5.58. The molecule has 0 aliphatic carbocycles. The molecule has 2 N–H and O–H groups in total. The highest BCUT2D eigenvalue weighted by Crippen LogP contribution is 2.36. The molecular weight excluding hydrogens is 381 g/mol. The summed E-state index contributed by atoms with van der Waals surface area (Å²) in [4.78, 5) is 12.2. The zero-order valence-electron chi connectivity index (χ0n) is 10.8. The molecule has 0 aromatic heterocycles. The predicted octanol–water partition coefficient (Wildman–Crippen LogP) is 4.72. The van der Waals surface area contributed by atoms with Crippen molar-refractivity contribution in [3.8, 4) is 11.5 Å². The Hall–Kier alpha value is -1.43. The Morgan fingerprint density at radius 1 is 1.24 bits per heavy atom. The van der Waals surface area contributed by atoms with Crippen LogP contribution in [0.1, 0.15) is 10.4 Å². The number of hydrogen-bond acceptors (Lipinski definition) is 3. The second-order valence-electron chi connectivity index (χ2n) is 4.03. The molecule has 21 heavy (non-hydrogen) atoms. The smallest absolute Gasteiger partial charge is 0.259 e. The van der Waals surface area contributed by atoms with E-state index in [9.17, 15) is 9.90 Å². The van der Waals surface area contributed by atoms with Gasteiger partial charge in [-0.1, -0.05) is 29.3 Å². The molecule has 0 fully saturated rings. The van der Waals surface area contributed by atoms with Crippen LogP contribution in [0.15, 0.2) is 34.8 Å². The van der Waals surface area contributed by atoms with E-state index in [4.69, 9.17) is 27.9 Å². The summed E-state index contributed by atoms with van der Waals surface area (Å²) in [5.74, 6) is -0.550. The van der Waals surface area contributed by atoms with E-state index in [1.165, 1.54) is 13.2 Å². The number of carbonyl (C=O) groups excluding carboxylic acids is 1. The van der Waals surface area contributed by atoms with Crippen molar-refractivity contribution >= 4 is 50.7 Å². The van der Waals surface area contributed by atoms with Crippen LogP contribution in [-0.2, 0) is 0 Å². The molecule has 0 bridgehead atoms. The topological polar surface area (TPSA) is 58.6 Å². The van der Waals surface area contributed by atoms with E-state index in [1.807, 2.05) is 0 Å². The fourth-order valence-electron chi connectivity index (χ4n) is 1.68. The number of halogens is 3. The van der Waals surface area contributed by atoms with Crippen molar-refractivity contribution in [2.24, 2.45) is 0 Å². The van der Waals surface area contributed by atoms with Crippen molar-refractivity contribution in [1.29, 1.82) is 0 Å². The van der Waals surface area contributed by atoms with Crippen LogP contribution < -0.4 is 10.1 Å². The van der Waals surface area contributed by atoms with Crippen molar-refractivity contribution in [3.63, 3.8) is 0 Å². The number of para-hydroxylation sites is 1. The standard InChI is InChI=1S/C14H10BrCl2NO3/c1-21-10-4-2-3-7(13(10)19)14(20)18-9-6-5-8(15)11(16)12(9)17/h2-6,19H,1H3,(H,18,20). The molecule has 2 rings (SSSR count). The Kier molecular flexibility index (Phi) is 4.98. The fourth-order valence-corrected chi connectivity index (χ4v) is 2.50.